The number of imidazole rings is 1. The number of rotatable bonds is 10. The van der Waals surface area contributed by atoms with Crippen molar-refractivity contribution in [1.29, 1.82) is 0 Å². The van der Waals surface area contributed by atoms with E-state index < -0.39 is 0 Å². The molecule has 0 unspecified atom stereocenters. The average molecular weight is 414 g/mol. The van der Waals surface area contributed by atoms with Crippen LogP contribution in [-0.4, -0.2) is 45.7 Å². The highest BCUT2D eigenvalue weighted by Crippen LogP contribution is 2.33. The molecular weight excluding hydrogens is 382 g/mol. The number of hydrogen-bond acceptors (Lipinski definition) is 6. The molecule has 8 nitrogen and oxygen atoms in total. The molecule has 3 aromatic rings. The lowest BCUT2D eigenvalue weighted by molar-refractivity contribution is -0.123. The largest absolute Gasteiger partial charge is 0.493 e. The first-order valence-corrected chi connectivity index (χ1v) is 10.6. The second-order valence-corrected chi connectivity index (χ2v) is 7.75. The van der Waals surface area contributed by atoms with Crippen molar-refractivity contribution in [2.24, 2.45) is 5.92 Å². The smallest absolute Gasteiger partial charge is 0.222 e. The zero-order valence-corrected chi connectivity index (χ0v) is 17.9. The number of carbonyl (C=O) groups excluding carboxylic acids is 1. The van der Waals surface area contributed by atoms with Crippen molar-refractivity contribution in [3.05, 3.63) is 23.5 Å². The molecule has 2 aromatic heterocycles. The van der Waals surface area contributed by atoms with Gasteiger partial charge in [-0.25, -0.2) is 9.97 Å². The zero-order valence-electron chi connectivity index (χ0n) is 17.9. The van der Waals surface area contributed by atoms with Crippen molar-refractivity contribution in [3.8, 4) is 5.75 Å². The lowest BCUT2D eigenvalue weighted by atomic mass is 10.0. The number of hydrogen-bond donors (Lipinski definition) is 4. The van der Waals surface area contributed by atoms with Crippen LogP contribution in [0.5, 0.6) is 5.75 Å². The number of aliphatic hydroxyl groups excluding tert-OH is 1. The van der Waals surface area contributed by atoms with Gasteiger partial charge >= 0.3 is 0 Å². The number of nitrogens with one attached hydrogen (secondary N) is 2. The predicted octanol–water partition coefficient (Wildman–Crippen LogP) is 2.72. The highest BCUT2D eigenvalue weighted by Gasteiger charge is 2.16. The maximum Gasteiger partial charge on any atom is 0.222 e. The van der Waals surface area contributed by atoms with E-state index in [-0.39, 0.29) is 18.4 Å². The molecule has 0 spiro atoms. The van der Waals surface area contributed by atoms with Crippen LogP contribution in [-0.2, 0) is 17.6 Å². The molecule has 8 heteroatoms. The number of carbonyl (C=O) groups is 1. The van der Waals surface area contributed by atoms with E-state index in [0.717, 1.165) is 47.0 Å². The fourth-order valence-corrected chi connectivity index (χ4v) is 3.44. The summed E-state index contributed by atoms with van der Waals surface area (Å²) in [6.45, 7) is 6.97. The third-order valence-electron chi connectivity index (χ3n) is 4.94. The third-order valence-corrected chi connectivity index (χ3v) is 4.94. The van der Waals surface area contributed by atoms with E-state index in [1.54, 1.807) is 0 Å². The number of aliphatic hydroxyl groups is 1. The van der Waals surface area contributed by atoms with Gasteiger partial charge in [-0.1, -0.05) is 27.2 Å². The molecule has 0 radical (unpaired) electrons. The summed E-state index contributed by atoms with van der Waals surface area (Å²) >= 11 is 0. The number of nitrogens with two attached hydrogens (primary N) is 1. The first-order valence-electron chi connectivity index (χ1n) is 10.6. The Morgan fingerprint density at radius 3 is 2.80 bits per heavy atom. The van der Waals surface area contributed by atoms with Gasteiger partial charge in [-0.2, -0.15) is 0 Å². The van der Waals surface area contributed by atoms with Gasteiger partial charge in [0.25, 0.3) is 0 Å². The van der Waals surface area contributed by atoms with E-state index in [4.69, 9.17) is 10.5 Å². The Hall–Kier alpha value is -2.87. The number of aromatic amines is 1. The van der Waals surface area contributed by atoms with E-state index in [1.165, 1.54) is 0 Å². The average Bonchev–Trinajstić information content (AvgIpc) is 3.12. The van der Waals surface area contributed by atoms with Crippen molar-refractivity contribution < 1.29 is 14.6 Å². The molecule has 0 saturated heterocycles. The molecular formula is C22H31N5O3. The van der Waals surface area contributed by atoms with Crippen molar-refractivity contribution in [3.63, 3.8) is 0 Å². The number of aryl methyl sites for hydroxylation is 1. The number of nitrogens with zero attached hydrogens (tertiary/aromatic N) is 2. The quantitative estimate of drug-likeness (QED) is 0.379. The maximum absolute atomic E-state index is 11.6. The number of H-pyrrole nitrogens is 1. The standard InChI is InChI=1S/C22H31N5O3/c1-4-6-14-11-15(30-10-5-8-24-22(29)13(2)3)12-16-18(14)19-20(21(23)25-16)27-17(26-19)7-9-28/h11-13,28H,4-10H2,1-3H3,(H2,23,25)(H,24,29)(H,26,27). The van der Waals surface area contributed by atoms with E-state index in [1.807, 2.05) is 26.0 Å². The number of amides is 1. The molecule has 5 N–H and O–H groups in total. The summed E-state index contributed by atoms with van der Waals surface area (Å²) in [5, 5.41) is 13.1. The highest BCUT2D eigenvalue weighted by atomic mass is 16.5. The Labute approximate surface area is 176 Å². The van der Waals surface area contributed by atoms with E-state index in [9.17, 15) is 9.90 Å². The molecule has 1 aromatic carbocycles. The zero-order chi connectivity index (χ0) is 21.7. The molecule has 0 bridgehead atoms. The summed E-state index contributed by atoms with van der Waals surface area (Å²) in [4.78, 5) is 24.0. The maximum atomic E-state index is 11.6. The van der Waals surface area contributed by atoms with Gasteiger partial charge in [0.05, 0.1) is 18.7 Å². The summed E-state index contributed by atoms with van der Waals surface area (Å²) < 4.78 is 5.95. The Kier molecular flexibility index (Phi) is 7.10. The van der Waals surface area contributed by atoms with E-state index in [2.05, 4.69) is 27.2 Å². The van der Waals surface area contributed by atoms with Gasteiger partial charge in [0.15, 0.2) is 0 Å². The number of fused-ring (bicyclic) bond motifs is 3. The molecule has 0 fully saturated rings. The predicted molar refractivity (Wildman–Crippen MR) is 119 cm³/mol. The molecule has 0 saturated carbocycles. The van der Waals surface area contributed by atoms with Crippen LogP contribution in [0, 0.1) is 5.92 Å². The molecule has 0 aliphatic heterocycles. The lowest BCUT2D eigenvalue weighted by Crippen LogP contribution is -2.29. The molecule has 3 rings (SSSR count). The third kappa shape index (κ3) is 4.81. The van der Waals surface area contributed by atoms with Crippen LogP contribution < -0.4 is 15.8 Å². The van der Waals surface area contributed by atoms with Crippen LogP contribution in [0.25, 0.3) is 21.9 Å². The number of anilines is 1. The van der Waals surface area contributed by atoms with Crippen molar-refractivity contribution in [2.45, 2.75) is 46.5 Å². The van der Waals surface area contributed by atoms with Crippen LogP contribution in [0.2, 0.25) is 0 Å². The van der Waals surface area contributed by atoms with Gasteiger partial charge in [0, 0.05) is 30.3 Å². The minimum absolute atomic E-state index is 0.0164. The van der Waals surface area contributed by atoms with Gasteiger partial charge in [-0.3, -0.25) is 4.79 Å². The number of ether oxygens (including phenoxy) is 1. The lowest BCUT2D eigenvalue weighted by Gasteiger charge is -2.13. The summed E-state index contributed by atoms with van der Waals surface area (Å²) in [5.74, 6) is 1.84. The van der Waals surface area contributed by atoms with Crippen molar-refractivity contribution >= 4 is 33.7 Å². The Bertz CT molecular complexity index is 1030. The summed E-state index contributed by atoms with van der Waals surface area (Å²) in [6, 6.07) is 3.92. The number of nitrogen functional groups attached to an aromatic ring is 1. The fourth-order valence-electron chi connectivity index (χ4n) is 3.44. The Morgan fingerprint density at radius 1 is 1.30 bits per heavy atom. The minimum atomic E-state index is -0.0173. The normalized spacial score (nSPS) is 11.5. The SMILES string of the molecule is CCCc1cc(OCCCNC(=O)C(C)C)cc2nc(N)c3[nH]c(CCO)nc3c12. The van der Waals surface area contributed by atoms with Crippen LogP contribution in [0.4, 0.5) is 5.82 Å². The monoisotopic (exact) mass is 413 g/mol. The second kappa shape index (κ2) is 9.75. The van der Waals surface area contributed by atoms with E-state index >= 15 is 0 Å². The first kappa shape index (κ1) is 21.8. The number of benzene rings is 1. The molecule has 0 aliphatic carbocycles. The van der Waals surface area contributed by atoms with E-state index in [0.29, 0.717) is 36.7 Å². The van der Waals surface area contributed by atoms with Crippen molar-refractivity contribution in [2.75, 3.05) is 25.5 Å². The van der Waals surface area contributed by atoms with Gasteiger partial charge in [-0.05, 0) is 24.5 Å². The van der Waals surface area contributed by atoms with Gasteiger partial charge in [-0.15, -0.1) is 0 Å². The first-order chi connectivity index (χ1) is 14.4. The second-order valence-electron chi connectivity index (χ2n) is 7.75. The van der Waals surface area contributed by atoms with Crippen LogP contribution in [0.3, 0.4) is 0 Å². The van der Waals surface area contributed by atoms with Gasteiger partial charge < -0.3 is 25.9 Å². The molecule has 30 heavy (non-hydrogen) atoms. The molecule has 2 heterocycles. The number of aromatic nitrogens is 3. The van der Waals surface area contributed by atoms with Gasteiger partial charge in [0.2, 0.25) is 5.91 Å². The topological polar surface area (TPSA) is 126 Å². The summed E-state index contributed by atoms with van der Waals surface area (Å²) in [5.41, 5.74) is 9.52. The fraction of sp³-hybridized carbons (Fsp3) is 0.500. The highest BCUT2D eigenvalue weighted by molar-refractivity contribution is 6.08. The minimum Gasteiger partial charge on any atom is -0.493 e. The molecule has 0 atom stereocenters. The van der Waals surface area contributed by atoms with Crippen molar-refractivity contribution in [1.82, 2.24) is 20.3 Å². The molecule has 0 aliphatic rings. The Morgan fingerprint density at radius 2 is 2.10 bits per heavy atom. The molecule has 1 amide bonds. The van der Waals surface area contributed by atoms with Crippen LogP contribution in [0.1, 0.15) is 45.0 Å². The number of pyridine rings is 1. The summed E-state index contributed by atoms with van der Waals surface area (Å²) in [7, 11) is 0. The summed E-state index contributed by atoms with van der Waals surface area (Å²) in [6.07, 6.45) is 2.99. The Balaban J connectivity index is 1.85. The van der Waals surface area contributed by atoms with Gasteiger partial charge in [0.1, 0.15) is 28.4 Å². The molecule has 162 valence electrons. The van der Waals surface area contributed by atoms with Crippen LogP contribution in [0.15, 0.2) is 12.1 Å². The van der Waals surface area contributed by atoms with Crippen LogP contribution >= 0.6 is 0 Å².